The highest BCUT2D eigenvalue weighted by molar-refractivity contribution is 6.10. The number of anilines is 1. The smallest absolute Gasteiger partial charge is 0.258 e. The van der Waals surface area contributed by atoms with Crippen molar-refractivity contribution < 1.29 is 13.9 Å². The van der Waals surface area contributed by atoms with E-state index in [9.17, 15) is 9.18 Å². The van der Waals surface area contributed by atoms with Gasteiger partial charge in [-0.25, -0.2) is 9.38 Å². The van der Waals surface area contributed by atoms with Crippen LogP contribution in [0, 0.1) is 19.7 Å². The predicted molar refractivity (Wildman–Crippen MR) is 105 cm³/mol. The number of nitrogens with zero attached hydrogens (tertiary/aromatic N) is 1. The lowest BCUT2D eigenvalue weighted by Crippen LogP contribution is -2.37. The van der Waals surface area contributed by atoms with Crippen molar-refractivity contribution in [3.05, 3.63) is 65.0 Å². The van der Waals surface area contributed by atoms with Gasteiger partial charge >= 0.3 is 0 Å². The van der Waals surface area contributed by atoms with Crippen molar-refractivity contribution in [2.24, 2.45) is 4.99 Å². The number of guanidine groups is 1. The summed E-state index contributed by atoms with van der Waals surface area (Å²) >= 11 is 0. The van der Waals surface area contributed by atoms with Crippen molar-refractivity contribution in [2.45, 2.75) is 32.8 Å². The third-order valence-corrected chi connectivity index (χ3v) is 4.44. The van der Waals surface area contributed by atoms with E-state index in [4.69, 9.17) is 4.74 Å². The highest BCUT2D eigenvalue weighted by Crippen LogP contribution is 2.17. The number of amides is 1. The van der Waals surface area contributed by atoms with E-state index in [2.05, 4.69) is 15.6 Å². The topological polar surface area (TPSA) is 62.7 Å². The Morgan fingerprint density at radius 1 is 1.26 bits per heavy atom. The maximum atomic E-state index is 13.4. The van der Waals surface area contributed by atoms with Gasteiger partial charge in [0.1, 0.15) is 5.82 Å². The second kappa shape index (κ2) is 8.77. The average Bonchev–Trinajstić information content (AvgIpc) is 3.16. The third kappa shape index (κ3) is 5.37. The van der Waals surface area contributed by atoms with E-state index in [1.54, 1.807) is 6.07 Å². The first kappa shape index (κ1) is 19.0. The van der Waals surface area contributed by atoms with Gasteiger partial charge in [0.15, 0.2) is 0 Å². The van der Waals surface area contributed by atoms with Crippen LogP contribution in [-0.4, -0.2) is 31.1 Å². The van der Waals surface area contributed by atoms with Crippen molar-refractivity contribution in [2.75, 3.05) is 18.5 Å². The Morgan fingerprint density at radius 3 is 2.85 bits per heavy atom. The molecule has 0 saturated carbocycles. The molecule has 0 bridgehead atoms. The minimum atomic E-state index is -0.456. The predicted octanol–water partition coefficient (Wildman–Crippen LogP) is 3.82. The van der Waals surface area contributed by atoms with E-state index in [-0.39, 0.29) is 11.7 Å². The van der Waals surface area contributed by atoms with Gasteiger partial charge in [-0.1, -0.05) is 18.2 Å². The summed E-state index contributed by atoms with van der Waals surface area (Å²) < 4.78 is 19.0. The number of halogens is 1. The van der Waals surface area contributed by atoms with Crippen molar-refractivity contribution in [1.29, 1.82) is 0 Å². The van der Waals surface area contributed by atoms with Gasteiger partial charge in [-0.3, -0.25) is 10.1 Å². The molecule has 1 atom stereocenters. The van der Waals surface area contributed by atoms with Crippen LogP contribution in [0.3, 0.4) is 0 Å². The number of aryl methyl sites for hydroxylation is 2. The zero-order chi connectivity index (χ0) is 19.2. The molecular formula is C21H24FN3O2. The van der Waals surface area contributed by atoms with Gasteiger partial charge in [0.05, 0.1) is 12.6 Å². The van der Waals surface area contributed by atoms with Crippen LogP contribution in [0.15, 0.2) is 47.5 Å². The number of benzene rings is 2. The monoisotopic (exact) mass is 369 g/mol. The summed E-state index contributed by atoms with van der Waals surface area (Å²) in [7, 11) is 0. The molecule has 6 heteroatoms. The van der Waals surface area contributed by atoms with Crippen LogP contribution in [0.2, 0.25) is 0 Å². The molecule has 5 nitrogen and oxygen atoms in total. The summed E-state index contributed by atoms with van der Waals surface area (Å²) in [5, 5.41) is 5.95. The molecule has 0 spiro atoms. The fourth-order valence-corrected chi connectivity index (χ4v) is 2.90. The largest absolute Gasteiger partial charge is 0.376 e. The van der Waals surface area contributed by atoms with E-state index in [0.29, 0.717) is 12.5 Å². The first-order valence-corrected chi connectivity index (χ1v) is 9.08. The number of ether oxygens (including phenoxy) is 1. The summed E-state index contributed by atoms with van der Waals surface area (Å²) in [6.45, 7) is 5.18. The van der Waals surface area contributed by atoms with Crippen LogP contribution in [-0.2, 0) is 4.74 Å². The zero-order valence-corrected chi connectivity index (χ0v) is 15.6. The lowest BCUT2D eigenvalue weighted by molar-refractivity contribution is 0.0975. The van der Waals surface area contributed by atoms with Crippen LogP contribution in [0.1, 0.15) is 34.3 Å². The Morgan fingerprint density at radius 2 is 2.11 bits per heavy atom. The third-order valence-electron chi connectivity index (χ3n) is 4.44. The highest BCUT2D eigenvalue weighted by atomic mass is 19.1. The maximum Gasteiger partial charge on any atom is 0.258 e. The average molecular weight is 369 g/mol. The summed E-state index contributed by atoms with van der Waals surface area (Å²) in [6, 6.07) is 11.6. The number of carbonyl (C=O) groups excluding carboxylic acids is 1. The number of aliphatic imine (C=N–C) groups is 1. The van der Waals surface area contributed by atoms with Gasteiger partial charge in [-0.2, -0.15) is 0 Å². The molecule has 1 aliphatic rings. The van der Waals surface area contributed by atoms with E-state index in [0.717, 1.165) is 36.3 Å². The standard InChI is InChI=1S/C21H24FN3O2/c1-14-8-9-15(2)19(11-14)24-21(23-13-18-7-4-10-27-18)25-20(26)16-5-3-6-17(22)12-16/h3,5-6,8-9,11-12,18H,4,7,10,13H2,1-2H3,(H2,23,24,25,26). The first-order valence-electron chi connectivity index (χ1n) is 9.08. The molecule has 1 amide bonds. The lowest BCUT2D eigenvalue weighted by Gasteiger charge is -2.15. The molecule has 1 aliphatic heterocycles. The molecule has 2 aromatic carbocycles. The quantitative estimate of drug-likeness (QED) is 0.636. The number of hydrogen-bond donors (Lipinski definition) is 2. The van der Waals surface area contributed by atoms with Gasteiger partial charge in [0, 0.05) is 17.9 Å². The van der Waals surface area contributed by atoms with Crippen LogP contribution < -0.4 is 10.6 Å². The molecule has 3 rings (SSSR count). The molecule has 1 saturated heterocycles. The molecule has 142 valence electrons. The minimum absolute atomic E-state index is 0.0616. The molecule has 2 N–H and O–H groups in total. The summed E-state index contributed by atoms with van der Waals surface area (Å²) in [4.78, 5) is 17.0. The Balaban J connectivity index is 1.79. The van der Waals surface area contributed by atoms with Crippen molar-refractivity contribution >= 4 is 17.6 Å². The first-order chi connectivity index (χ1) is 13.0. The van der Waals surface area contributed by atoms with Crippen molar-refractivity contribution in [1.82, 2.24) is 5.32 Å². The molecule has 27 heavy (non-hydrogen) atoms. The lowest BCUT2D eigenvalue weighted by atomic mass is 10.1. The van der Waals surface area contributed by atoms with Crippen LogP contribution in [0.25, 0.3) is 0 Å². The van der Waals surface area contributed by atoms with E-state index in [1.807, 2.05) is 32.0 Å². The normalized spacial score (nSPS) is 17.0. The fraction of sp³-hybridized carbons (Fsp3) is 0.333. The zero-order valence-electron chi connectivity index (χ0n) is 15.6. The van der Waals surface area contributed by atoms with Gasteiger partial charge in [0.2, 0.25) is 5.96 Å². The fourth-order valence-electron chi connectivity index (χ4n) is 2.90. The molecule has 0 aromatic heterocycles. The Kier molecular flexibility index (Phi) is 6.19. The number of nitrogens with one attached hydrogen (secondary N) is 2. The molecule has 0 aliphatic carbocycles. The second-order valence-electron chi connectivity index (χ2n) is 6.73. The number of rotatable bonds is 4. The van der Waals surface area contributed by atoms with Gasteiger partial charge in [0.25, 0.3) is 5.91 Å². The van der Waals surface area contributed by atoms with Crippen molar-refractivity contribution in [3.63, 3.8) is 0 Å². The Bertz CT molecular complexity index is 845. The van der Waals surface area contributed by atoms with Crippen LogP contribution in [0.5, 0.6) is 0 Å². The molecule has 1 fully saturated rings. The summed E-state index contributed by atoms with van der Waals surface area (Å²) in [5.74, 6) is -0.546. The van der Waals surface area contributed by atoms with E-state index >= 15 is 0 Å². The van der Waals surface area contributed by atoms with Crippen molar-refractivity contribution in [3.8, 4) is 0 Å². The molecule has 0 radical (unpaired) electrons. The maximum absolute atomic E-state index is 13.4. The molecular weight excluding hydrogens is 345 g/mol. The van der Waals surface area contributed by atoms with Gasteiger partial charge in [-0.15, -0.1) is 0 Å². The Labute approximate surface area is 158 Å². The number of carbonyl (C=O) groups is 1. The highest BCUT2D eigenvalue weighted by Gasteiger charge is 2.16. The molecule has 1 heterocycles. The second-order valence-corrected chi connectivity index (χ2v) is 6.73. The van der Waals surface area contributed by atoms with Crippen LogP contribution in [0.4, 0.5) is 10.1 Å². The summed E-state index contributed by atoms with van der Waals surface area (Å²) in [5.41, 5.74) is 3.23. The summed E-state index contributed by atoms with van der Waals surface area (Å²) in [6.07, 6.45) is 2.04. The van der Waals surface area contributed by atoms with E-state index < -0.39 is 11.7 Å². The minimum Gasteiger partial charge on any atom is -0.376 e. The number of hydrogen-bond acceptors (Lipinski definition) is 3. The van der Waals surface area contributed by atoms with Crippen LogP contribution >= 0.6 is 0 Å². The van der Waals surface area contributed by atoms with E-state index in [1.165, 1.54) is 18.2 Å². The molecule has 1 unspecified atom stereocenters. The Hall–Kier alpha value is -2.73. The SMILES string of the molecule is Cc1ccc(C)c(NC(=NCC2CCCO2)NC(=O)c2cccc(F)c2)c1. The molecule has 2 aromatic rings. The van der Waals surface area contributed by atoms with Gasteiger partial charge in [-0.05, 0) is 62.1 Å². The van der Waals surface area contributed by atoms with Gasteiger partial charge < -0.3 is 10.1 Å².